The Morgan fingerprint density at radius 3 is 2.95 bits per heavy atom. The number of halogens is 1. The fourth-order valence-electron chi connectivity index (χ4n) is 1.86. The van der Waals surface area contributed by atoms with E-state index in [0.717, 1.165) is 24.0 Å². The lowest BCUT2D eigenvalue weighted by Crippen LogP contribution is -2.38. The average molecular weight is 405 g/mol. The molecule has 2 heterocycles. The predicted octanol–water partition coefficient (Wildman–Crippen LogP) is 1.11. The predicted molar refractivity (Wildman–Crippen MR) is 89.3 cm³/mol. The van der Waals surface area contributed by atoms with Crippen molar-refractivity contribution < 1.29 is 4.52 Å². The van der Waals surface area contributed by atoms with Crippen LogP contribution in [-0.2, 0) is 19.6 Å². The van der Waals surface area contributed by atoms with Gasteiger partial charge < -0.3 is 19.3 Å². The summed E-state index contributed by atoms with van der Waals surface area (Å²) in [4.78, 5) is 6.20. The molecule has 21 heavy (non-hydrogen) atoms. The van der Waals surface area contributed by atoms with Crippen molar-refractivity contribution in [2.45, 2.75) is 26.6 Å². The number of rotatable bonds is 5. The maximum atomic E-state index is 4.82. The Morgan fingerprint density at radius 1 is 1.52 bits per heavy atom. The quantitative estimate of drug-likeness (QED) is 0.456. The summed E-state index contributed by atoms with van der Waals surface area (Å²) in [5, 5.41) is 15.1. The monoisotopic (exact) mass is 405 g/mol. The van der Waals surface area contributed by atoms with Crippen LogP contribution >= 0.6 is 24.0 Å². The molecule has 0 aliphatic heterocycles. The molecular weight excluding hydrogens is 385 g/mol. The minimum atomic E-state index is 0. The van der Waals surface area contributed by atoms with Gasteiger partial charge in [-0.1, -0.05) is 5.16 Å². The van der Waals surface area contributed by atoms with Crippen LogP contribution in [0, 0.1) is 0 Å². The molecule has 0 fully saturated rings. The van der Waals surface area contributed by atoms with Crippen LogP contribution in [0.5, 0.6) is 0 Å². The zero-order valence-electron chi connectivity index (χ0n) is 12.4. The van der Waals surface area contributed by atoms with Crippen LogP contribution in [0.25, 0.3) is 0 Å². The lowest BCUT2D eigenvalue weighted by Gasteiger charge is -2.20. The van der Waals surface area contributed by atoms with Gasteiger partial charge in [0.1, 0.15) is 18.3 Å². The van der Waals surface area contributed by atoms with Crippen molar-refractivity contribution >= 4 is 29.9 Å². The number of guanidine groups is 1. The smallest absolute Gasteiger partial charge is 0.194 e. The van der Waals surface area contributed by atoms with Crippen molar-refractivity contribution in [2.75, 3.05) is 14.1 Å². The van der Waals surface area contributed by atoms with E-state index in [1.165, 1.54) is 0 Å². The van der Waals surface area contributed by atoms with E-state index in [2.05, 4.69) is 32.6 Å². The van der Waals surface area contributed by atoms with Crippen LogP contribution in [0.2, 0.25) is 0 Å². The Hall–Kier alpha value is -1.65. The largest absolute Gasteiger partial charge is 0.364 e. The number of nitrogens with one attached hydrogen (secondary N) is 1. The first kappa shape index (κ1) is 17.4. The summed E-state index contributed by atoms with van der Waals surface area (Å²) < 4.78 is 6.80. The summed E-state index contributed by atoms with van der Waals surface area (Å²) in [7, 11) is 3.68. The summed E-state index contributed by atoms with van der Waals surface area (Å²) in [6.07, 6.45) is 3.28. The standard InChI is InChI=1S/C12H19N7O.HI/c1-4-19-9-15-16-11(19)7-14-12(13-2)18(3)8-10-5-6-20-17-10;/h5-6,9H,4,7-8H2,1-3H3,(H,13,14);1H. The first-order chi connectivity index (χ1) is 9.74. The number of aliphatic imine (C=N–C) groups is 1. The van der Waals surface area contributed by atoms with Crippen molar-refractivity contribution in [1.82, 2.24) is 30.1 Å². The third-order valence-electron chi connectivity index (χ3n) is 2.90. The van der Waals surface area contributed by atoms with Crippen molar-refractivity contribution in [2.24, 2.45) is 4.99 Å². The van der Waals surface area contributed by atoms with Gasteiger partial charge in [0, 0.05) is 26.7 Å². The Morgan fingerprint density at radius 2 is 2.33 bits per heavy atom. The number of nitrogens with zero attached hydrogens (tertiary/aromatic N) is 6. The normalized spacial score (nSPS) is 11.1. The highest BCUT2D eigenvalue weighted by molar-refractivity contribution is 14.0. The van der Waals surface area contributed by atoms with Gasteiger partial charge in [0.2, 0.25) is 0 Å². The summed E-state index contributed by atoms with van der Waals surface area (Å²) in [6, 6.07) is 1.83. The molecule has 8 nitrogen and oxygen atoms in total. The molecule has 0 saturated heterocycles. The molecule has 1 N–H and O–H groups in total. The molecule has 0 amide bonds. The second kappa shape index (κ2) is 8.60. The van der Waals surface area contributed by atoms with E-state index in [-0.39, 0.29) is 24.0 Å². The lowest BCUT2D eigenvalue weighted by atomic mass is 10.4. The maximum absolute atomic E-state index is 4.82. The Balaban J connectivity index is 0.00000220. The molecule has 0 bridgehead atoms. The van der Waals surface area contributed by atoms with Gasteiger partial charge in [-0.2, -0.15) is 0 Å². The summed E-state index contributed by atoms with van der Waals surface area (Å²) >= 11 is 0. The molecule has 0 saturated carbocycles. The van der Waals surface area contributed by atoms with E-state index in [9.17, 15) is 0 Å². The van der Waals surface area contributed by atoms with Gasteiger partial charge in [-0.15, -0.1) is 34.2 Å². The van der Waals surface area contributed by atoms with Gasteiger partial charge in [0.25, 0.3) is 0 Å². The van der Waals surface area contributed by atoms with Gasteiger partial charge in [-0.3, -0.25) is 4.99 Å². The lowest BCUT2D eigenvalue weighted by molar-refractivity contribution is 0.391. The molecule has 0 aliphatic rings. The SMILES string of the molecule is CCn1cnnc1CNC(=NC)N(C)Cc1ccon1.I. The first-order valence-corrected chi connectivity index (χ1v) is 6.42. The summed E-state index contributed by atoms with van der Waals surface area (Å²) in [6.45, 7) is 4.09. The molecule has 2 rings (SSSR count). The molecule has 0 aliphatic carbocycles. The number of aryl methyl sites for hydroxylation is 1. The maximum Gasteiger partial charge on any atom is 0.194 e. The molecule has 116 valence electrons. The van der Waals surface area contributed by atoms with Gasteiger partial charge in [-0.25, -0.2) is 0 Å². The second-order valence-corrected chi connectivity index (χ2v) is 4.28. The summed E-state index contributed by atoms with van der Waals surface area (Å²) in [5.74, 6) is 1.64. The molecule has 0 unspecified atom stereocenters. The molecule has 0 atom stereocenters. The van der Waals surface area contributed by atoms with Crippen LogP contribution < -0.4 is 5.32 Å². The van der Waals surface area contributed by atoms with E-state index < -0.39 is 0 Å². The first-order valence-electron chi connectivity index (χ1n) is 6.42. The zero-order valence-corrected chi connectivity index (χ0v) is 14.7. The van der Waals surface area contributed by atoms with E-state index >= 15 is 0 Å². The second-order valence-electron chi connectivity index (χ2n) is 4.28. The van der Waals surface area contributed by atoms with Crippen molar-refractivity contribution in [3.8, 4) is 0 Å². The molecule has 0 aromatic carbocycles. The highest BCUT2D eigenvalue weighted by Crippen LogP contribution is 2.01. The van der Waals surface area contributed by atoms with E-state index in [4.69, 9.17) is 4.52 Å². The van der Waals surface area contributed by atoms with Gasteiger partial charge in [0.15, 0.2) is 11.8 Å². The molecule has 9 heteroatoms. The Labute approximate surface area is 140 Å². The highest BCUT2D eigenvalue weighted by atomic mass is 127. The molecular formula is C12H20IN7O. The van der Waals surface area contributed by atoms with Gasteiger partial charge in [0.05, 0.1) is 13.1 Å². The van der Waals surface area contributed by atoms with E-state index in [1.807, 2.05) is 22.6 Å². The Kier molecular flexibility index (Phi) is 7.12. The van der Waals surface area contributed by atoms with Crippen molar-refractivity contribution in [1.29, 1.82) is 0 Å². The molecule has 2 aromatic heterocycles. The van der Waals surface area contributed by atoms with Gasteiger partial charge in [-0.05, 0) is 6.92 Å². The third kappa shape index (κ3) is 4.69. The zero-order chi connectivity index (χ0) is 14.4. The van der Waals surface area contributed by atoms with Crippen molar-refractivity contribution in [3.05, 3.63) is 30.2 Å². The van der Waals surface area contributed by atoms with Crippen LogP contribution in [0.15, 0.2) is 28.2 Å². The number of hydrogen-bond donors (Lipinski definition) is 1. The molecule has 0 radical (unpaired) electrons. The average Bonchev–Trinajstić information content (AvgIpc) is 3.10. The van der Waals surface area contributed by atoms with Crippen LogP contribution in [0.1, 0.15) is 18.4 Å². The molecule has 0 spiro atoms. The van der Waals surface area contributed by atoms with Crippen molar-refractivity contribution in [3.63, 3.8) is 0 Å². The van der Waals surface area contributed by atoms with Gasteiger partial charge >= 0.3 is 0 Å². The Bertz CT molecular complexity index is 552. The van der Waals surface area contributed by atoms with Crippen LogP contribution in [0.3, 0.4) is 0 Å². The fraction of sp³-hybridized carbons (Fsp3) is 0.500. The number of hydrogen-bond acceptors (Lipinski definition) is 5. The number of aromatic nitrogens is 4. The van der Waals surface area contributed by atoms with Crippen LogP contribution in [0.4, 0.5) is 0 Å². The third-order valence-corrected chi connectivity index (χ3v) is 2.90. The van der Waals surface area contributed by atoms with E-state index in [0.29, 0.717) is 13.1 Å². The molecule has 2 aromatic rings. The fourth-order valence-corrected chi connectivity index (χ4v) is 1.86. The minimum Gasteiger partial charge on any atom is -0.364 e. The van der Waals surface area contributed by atoms with E-state index in [1.54, 1.807) is 19.6 Å². The minimum absolute atomic E-state index is 0. The highest BCUT2D eigenvalue weighted by Gasteiger charge is 2.10. The summed E-state index contributed by atoms with van der Waals surface area (Å²) in [5.41, 5.74) is 0.854. The van der Waals surface area contributed by atoms with Crippen LogP contribution in [-0.4, -0.2) is 44.9 Å². The topological polar surface area (TPSA) is 84.4 Å².